The molecule has 0 unspecified atom stereocenters. The van der Waals surface area contributed by atoms with Gasteiger partial charge in [-0.1, -0.05) is 11.6 Å². The first-order valence-corrected chi connectivity index (χ1v) is 6.20. The lowest BCUT2D eigenvalue weighted by Crippen LogP contribution is -1.88. The van der Waals surface area contributed by atoms with Crippen LogP contribution >= 0.6 is 11.6 Å². The Morgan fingerprint density at radius 2 is 1.89 bits per heavy atom. The SMILES string of the molecule is COc1ccc(-c2cc3ccncc3c(Cl)n2)cc1. The lowest BCUT2D eigenvalue weighted by atomic mass is 10.1. The average Bonchev–Trinajstić information content (AvgIpc) is 2.47. The van der Waals surface area contributed by atoms with Crippen molar-refractivity contribution in [2.45, 2.75) is 0 Å². The van der Waals surface area contributed by atoms with Gasteiger partial charge in [0.05, 0.1) is 12.8 Å². The van der Waals surface area contributed by atoms with E-state index in [1.54, 1.807) is 19.5 Å². The zero-order chi connectivity index (χ0) is 13.2. The summed E-state index contributed by atoms with van der Waals surface area (Å²) < 4.78 is 5.14. The fraction of sp³-hybridized carbons (Fsp3) is 0.0667. The minimum Gasteiger partial charge on any atom is -0.497 e. The number of fused-ring (bicyclic) bond motifs is 1. The molecular weight excluding hydrogens is 260 g/mol. The molecule has 94 valence electrons. The molecule has 0 aliphatic carbocycles. The zero-order valence-corrected chi connectivity index (χ0v) is 11.1. The number of methoxy groups -OCH3 is 1. The lowest BCUT2D eigenvalue weighted by Gasteiger charge is -2.06. The van der Waals surface area contributed by atoms with E-state index < -0.39 is 0 Å². The second-order valence-corrected chi connectivity index (χ2v) is 4.48. The molecule has 0 radical (unpaired) electrons. The molecule has 1 aromatic carbocycles. The number of hydrogen-bond acceptors (Lipinski definition) is 3. The van der Waals surface area contributed by atoms with Crippen LogP contribution in [0, 0.1) is 0 Å². The predicted octanol–water partition coefficient (Wildman–Crippen LogP) is 3.96. The minimum atomic E-state index is 0.469. The molecule has 0 saturated carbocycles. The molecule has 0 spiro atoms. The van der Waals surface area contributed by atoms with Crippen LogP contribution in [0.15, 0.2) is 48.8 Å². The summed E-state index contributed by atoms with van der Waals surface area (Å²) in [6.07, 6.45) is 3.47. The molecule has 0 N–H and O–H groups in total. The van der Waals surface area contributed by atoms with E-state index in [0.717, 1.165) is 27.8 Å². The number of ether oxygens (including phenoxy) is 1. The molecular formula is C15H11ClN2O. The summed E-state index contributed by atoms with van der Waals surface area (Å²) in [6, 6.07) is 11.7. The van der Waals surface area contributed by atoms with Gasteiger partial charge in [-0.3, -0.25) is 4.98 Å². The maximum absolute atomic E-state index is 6.19. The van der Waals surface area contributed by atoms with E-state index in [-0.39, 0.29) is 0 Å². The molecule has 0 aliphatic rings. The number of benzene rings is 1. The molecule has 4 heteroatoms. The van der Waals surface area contributed by atoms with Crippen molar-refractivity contribution in [1.82, 2.24) is 9.97 Å². The Labute approximate surface area is 115 Å². The van der Waals surface area contributed by atoms with Crippen LogP contribution in [0.1, 0.15) is 0 Å². The van der Waals surface area contributed by atoms with Crippen LogP contribution in [0.3, 0.4) is 0 Å². The standard InChI is InChI=1S/C15H11ClN2O/c1-19-12-4-2-10(3-5-12)14-8-11-6-7-17-9-13(11)15(16)18-14/h2-9H,1H3. The van der Waals surface area contributed by atoms with Gasteiger partial charge in [-0.25, -0.2) is 4.98 Å². The van der Waals surface area contributed by atoms with E-state index in [0.29, 0.717) is 5.15 Å². The third kappa shape index (κ3) is 2.25. The van der Waals surface area contributed by atoms with Gasteiger partial charge in [0.2, 0.25) is 0 Å². The average molecular weight is 271 g/mol. The highest BCUT2D eigenvalue weighted by atomic mass is 35.5. The topological polar surface area (TPSA) is 35.0 Å². The summed E-state index contributed by atoms with van der Waals surface area (Å²) in [4.78, 5) is 8.47. The van der Waals surface area contributed by atoms with Crippen LogP contribution in [0.4, 0.5) is 0 Å². The van der Waals surface area contributed by atoms with E-state index in [4.69, 9.17) is 16.3 Å². The second kappa shape index (κ2) is 4.86. The second-order valence-electron chi connectivity index (χ2n) is 4.12. The number of nitrogens with zero attached hydrogens (tertiary/aromatic N) is 2. The van der Waals surface area contributed by atoms with Gasteiger partial charge in [0, 0.05) is 23.3 Å². The number of rotatable bonds is 2. The van der Waals surface area contributed by atoms with Crippen LogP contribution in [-0.2, 0) is 0 Å². The molecule has 19 heavy (non-hydrogen) atoms. The molecule has 0 aliphatic heterocycles. The first-order valence-electron chi connectivity index (χ1n) is 5.82. The summed E-state index contributed by atoms with van der Waals surface area (Å²) in [7, 11) is 1.65. The van der Waals surface area contributed by atoms with Crippen LogP contribution in [0.2, 0.25) is 5.15 Å². The van der Waals surface area contributed by atoms with E-state index in [1.807, 2.05) is 36.4 Å². The number of halogens is 1. The van der Waals surface area contributed by atoms with Crippen molar-refractivity contribution in [3.05, 3.63) is 53.9 Å². The maximum Gasteiger partial charge on any atom is 0.139 e. The quantitative estimate of drug-likeness (QED) is 0.661. The van der Waals surface area contributed by atoms with Crippen molar-refractivity contribution in [2.75, 3.05) is 7.11 Å². The van der Waals surface area contributed by atoms with Crippen molar-refractivity contribution in [3.63, 3.8) is 0 Å². The Hall–Kier alpha value is -2.13. The molecule has 2 aromatic heterocycles. The Bertz CT molecular complexity index is 726. The van der Waals surface area contributed by atoms with Gasteiger partial charge < -0.3 is 4.74 Å². The summed E-state index contributed by atoms with van der Waals surface area (Å²) in [5, 5.41) is 2.36. The highest BCUT2D eigenvalue weighted by Crippen LogP contribution is 2.27. The van der Waals surface area contributed by atoms with Crippen molar-refractivity contribution in [1.29, 1.82) is 0 Å². The normalized spacial score (nSPS) is 10.6. The highest BCUT2D eigenvalue weighted by Gasteiger charge is 2.06. The fourth-order valence-corrected chi connectivity index (χ4v) is 2.21. The molecule has 0 fully saturated rings. The molecule has 2 heterocycles. The molecule has 0 saturated heterocycles. The summed E-state index contributed by atoms with van der Waals surface area (Å²) in [5.41, 5.74) is 1.84. The lowest BCUT2D eigenvalue weighted by molar-refractivity contribution is 0.415. The predicted molar refractivity (Wildman–Crippen MR) is 76.5 cm³/mol. The van der Waals surface area contributed by atoms with Gasteiger partial charge in [-0.05, 0) is 41.8 Å². The highest BCUT2D eigenvalue weighted by molar-refractivity contribution is 6.34. The fourth-order valence-electron chi connectivity index (χ4n) is 1.96. The van der Waals surface area contributed by atoms with Crippen LogP contribution in [-0.4, -0.2) is 17.1 Å². The first kappa shape index (κ1) is 11.9. The molecule has 0 amide bonds. The molecule has 0 bridgehead atoms. The zero-order valence-electron chi connectivity index (χ0n) is 10.3. The van der Waals surface area contributed by atoms with Crippen molar-refractivity contribution in [2.24, 2.45) is 0 Å². The Morgan fingerprint density at radius 1 is 1.11 bits per heavy atom. The van der Waals surface area contributed by atoms with Gasteiger partial charge in [0.1, 0.15) is 10.9 Å². The van der Waals surface area contributed by atoms with E-state index in [9.17, 15) is 0 Å². The number of aromatic nitrogens is 2. The van der Waals surface area contributed by atoms with Crippen LogP contribution < -0.4 is 4.74 Å². The smallest absolute Gasteiger partial charge is 0.139 e. The third-order valence-corrected chi connectivity index (χ3v) is 3.26. The summed E-state index contributed by atoms with van der Waals surface area (Å²) in [5.74, 6) is 0.819. The maximum atomic E-state index is 6.19. The minimum absolute atomic E-state index is 0.469. The van der Waals surface area contributed by atoms with E-state index in [2.05, 4.69) is 9.97 Å². The molecule has 0 atom stereocenters. The van der Waals surface area contributed by atoms with Crippen molar-refractivity contribution in [3.8, 4) is 17.0 Å². The number of pyridine rings is 2. The third-order valence-electron chi connectivity index (χ3n) is 2.97. The molecule has 3 rings (SSSR count). The van der Waals surface area contributed by atoms with Gasteiger partial charge in [-0.15, -0.1) is 0 Å². The Morgan fingerprint density at radius 3 is 2.63 bits per heavy atom. The largest absolute Gasteiger partial charge is 0.497 e. The van der Waals surface area contributed by atoms with Crippen molar-refractivity contribution < 1.29 is 4.74 Å². The van der Waals surface area contributed by atoms with Gasteiger partial charge in [0.15, 0.2) is 0 Å². The molecule has 3 aromatic rings. The van der Waals surface area contributed by atoms with Gasteiger partial charge >= 0.3 is 0 Å². The Balaban J connectivity index is 2.14. The summed E-state index contributed by atoms with van der Waals surface area (Å²) in [6.45, 7) is 0. The molecule has 3 nitrogen and oxygen atoms in total. The van der Waals surface area contributed by atoms with E-state index in [1.165, 1.54) is 0 Å². The van der Waals surface area contributed by atoms with Gasteiger partial charge in [-0.2, -0.15) is 0 Å². The van der Waals surface area contributed by atoms with E-state index >= 15 is 0 Å². The number of hydrogen-bond donors (Lipinski definition) is 0. The van der Waals surface area contributed by atoms with Crippen LogP contribution in [0.5, 0.6) is 5.75 Å². The Kier molecular flexibility index (Phi) is 3.05. The first-order chi connectivity index (χ1) is 9.28. The summed E-state index contributed by atoms with van der Waals surface area (Å²) >= 11 is 6.19. The van der Waals surface area contributed by atoms with Crippen molar-refractivity contribution >= 4 is 22.4 Å². The van der Waals surface area contributed by atoms with Crippen LogP contribution in [0.25, 0.3) is 22.0 Å². The monoisotopic (exact) mass is 270 g/mol. The van der Waals surface area contributed by atoms with Gasteiger partial charge in [0.25, 0.3) is 0 Å².